The van der Waals surface area contributed by atoms with Crippen molar-refractivity contribution in [2.24, 2.45) is 17.6 Å². The number of carbonyl (C=O) groups is 1. The molecule has 0 aromatic heterocycles. The van der Waals surface area contributed by atoms with Crippen LogP contribution in [0.2, 0.25) is 0 Å². The van der Waals surface area contributed by atoms with Crippen LogP contribution in [0.4, 0.5) is 4.79 Å². The molecule has 0 bridgehead atoms. The molecule has 1 saturated heterocycles. The summed E-state index contributed by atoms with van der Waals surface area (Å²) in [5, 5.41) is 0. The molecule has 1 fully saturated rings. The molecular weight excluding hydrogens is 216 g/mol. The first kappa shape index (κ1) is 14.3. The number of rotatable bonds is 2. The molecule has 1 heterocycles. The maximum atomic E-state index is 11.9. The van der Waals surface area contributed by atoms with Crippen molar-refractivity contribution in [2.45, 2.75) is 52.7 Å². The van der Waals surface area contributed by atoms with E-state index in [0.717, 1.165) is 13.0 Å². The quantitative estimate of drug-likeness (QED) is 0.808. The van der Waals surface area contributed by atoms with Gasteiger partial charge >= 0.3 is 6.09 Å². The fraction of sp³-hybridized carbons (Fsp3) is 0.923. The molecule has 0 aliphatic carbocycles. The lowest BCUT2D eigenvalue weighted by Crippen LogP contribution is -2.36. The fourth-order valence-electron chi connectivity index (χ4n) is 2.23. The Balaban J connectivity index is 2.51. The van der Waals surface area contributed by atoms with E-state index < -0.39 is 5.60 Å². The Labute approximate surface area is 104 Å². The van der Waals surface area contributed by atoms with E-state index in [-0.39, 0.29) is 12.1 Å². The van der Waals surface area contributed by atoms with E-state index in [2.05, 4.69) is 13.8 Å². The SMILES string of the molecule is CC(C)CC1CN(C(=O)OC(C)(C)C)CC1N. The Kier molecular flexibility index (Phi) is 4.42. The van der Waals surface area contributed by atoms with Crippen molar-refractivity contribution in [1.82, 2.24) is 4.90 Å². The fourth-order valence-corrected chi connectivity index (χ4v) is 2.23. The summed E-state index contributed by atoms with van der Waals surface area (Å²) in [4.78, 5) is 13.6. The smallest absolute Gasteiger partial charge is 0.410 e. The van der Waals surface area contributed by atoms with Crippen molar-refractivity contribution in [3.05, 3.63) is 0 Å². The van der Waals surface area contributed by atoms with Crippen LogP contribution in [0.15, 0.2) is 0 Å². The Morgan fingerprint density at radius 2 is 2.00 bits per heavy atom. The number of ether oxygens (including phenoxy) is 1. The van der Waals surface area contributed by atoms with Crippen LogP contribution in [0.5, 0.6) is 0 Å². The largest absolute Gasteiger partial charge is 0.444 e. The number of amides is 1. The summed E-state index contributed by atoms with van der Waals surface area (Å²) in [6, 6.07) is 0.0879. The van der Waals surface area contributed by atoms with Crippen LogP contribution in [0.3, 0.4) is 0 Å². The molecule has 0 aromatic carbocycles. The zero-order valence-electron chi connectivity index (χ0n) is 11.7. The highest BCUT2D eigenvalue weighted by Gasteiger charge is 2.35. The number of likely N-dealkylation sites (tertiary alicyclic amines) is 1. The predicted molar refractivity (Wildman–Crippen MR) is 68.7 cm³/mol. The van der Waals surface area contributed by atoms with E-state index in [1.807, 2.05) is 20.8 Å². The minimum absolute atomic E-state index is 0.0879. The molecule has 2 unspecified atom stereocenters. The maximum Gasteiger partial charge on any atom is 0.410 e. The summed E-state index contributed by atoms with van der Waals surface area (Å²) in [6.45, 7) is 11.4. The van der Waals surface area contributed by atoms with Crippen LogP contribution in [-0.2, 0) is 4.74 Å². The summed E-state index contributed by atoms with van der Waals surface area (Å²) in [6.07, 6.45) is 0.833. The van der Waals surface area contributed by atoms with Crippen molar-refractivity contribution < 1.29 is 9.53 Å². The first-order chi connectivity index (χ1) is 7.69. The van der Waals surface area contributed by atoms with Crippen molar-refractivity contribution >= 4 is 6.09 Å². The monoisotopic (exact) mass is 242 g/mol. The molecule has 100 valence electrons. The standard InChI is InChI=1S/C13H26N2O2/c1-9(2)6-10-7-15(8-11(10)14)12(16)17-13(3,4)5/h9-11H,6-8,14H2,1-5H3. The number of hydrogen-bond donors (Lipinski definition) is 1. The lowest BCUT2D eigenvalue weighted by Gasteiger charge is -2.24. The predicted octanol–water partition coefficient (Wildman–Crippen LogP) is 2.23. The van der Waals surface area contributed by atoms with Crippen LogP contribution in [-0.4, -0.2) is 35.7 Å². The summed E-state index contributed by atoms with van der Waals surface area (Å²) >= 11 is 0. The number of hydrogen-bond acceptors (Lipinski definition) is 3. The zero-order valence-corrected chi connectivity index (χ0v) is 11.7. The van der Waals surface area contributed by atoms with Gasteiger partial charge < -0.3 is 15.4 Å². The second-order valence-corrected chi connectivity index (χ2v) is 6.44. The highest BCUT2D eigenvalue weighted by molar-refractivity contribution is 5.68. The second kappa shape index (κ2) is 5.25. The van der Waals surface area contributed by atoms with Gasteiger partial charge in [0.1, 0.15) is 5.60 Å². The highest BCUT2D eigenvalue weighted by Crippen LogP contribution is 2.24. The topological polar surface area (TPSA) is 55.6 Å². The first-order valence-corrected chi connectivity index (χ1v) is 6.42. The van der Waals surface area contributed by atoms with Crippen molar-refractivity contribution in [3.63, 3.8) is 0 Å². The zero-order chi connectivity index (χ0) is 13.2. The third-order valence-corrected chi connectivity index (χ3v) is 2.92. The first-order valence-electron chi connectivity index (χ1n) is 6.42. The van der Waals surface area contributed by atoms with Gasteiger partial charge in [-0.3, -0.25) is 0 Å². The van der Waals surface area contributed by atoms with Crippen LogP contribution in [0.25, 0.3) is 0 Å². The van der Waals surface area contributed by atoms with Gasteiger partial charge in [-0.1, -0.05) is 13.8 Å². The van der Waals surface area contributed by atoms with Gasteiger partial charge in [-0.05, 0) is 39.0 Å². The highest BCUT2D eigenvalue weighted by atomic mass is 16.6. The molecule has 0 spiro atoms. The molecule has 2 atom stereocenters. The van der Waals surface area contributed by atoms with Crippen molar-refractivity contribution in [1.29, 1.82) is 0 Å². The molecule has 1 amide bonds. The number of nitrogens with two attached hydrogens (primary N) is 1. The van der Waals surface area contributed by atoms with Crippen molar-refractivity contribution in [2.75, 3.05) is 13.1 Å². The lowest BCUT2D eigenvalue weighted by atomic mass is 9.94. The van der Waals surface area contributed by atoms with Crippen LogP contribution in [0, 0.1) is 11.8 Å². The van der Waals surface area contributed by atoms with E-state index in [9.17, 15) is 4.79 Å². The normalized spacial score (nSPS) is 25.5. The molecule has 4 nitrogen and oxygen atoms in total. The van der Waals surface area contributed by atoms with E-state index in [0.29, 0.717) is 18.4 Å². The van der Waals surface area contributed by atoms with Gasteiger partial charge in [0, 0.05) is 19.1 Å². The maximum absolute atomic E-state index is 11.9. The Morgan fingerprint density at radius 1 is 1.41 bits per heavy atom. The average molecular weight is 242 g/mol. The average Bonchev–Trinajstić information content (AvgIpc) is 2.44. The Hall–Kier alpha value is -0.770. The minimum atomic E-state index is -0.433. The van der Waals surface area contributed by atoms with Gasteiger partial charge in [-0.15, -0.1) is 0 Å². The third-order valence-electron chi connectivity index (χ3n) is 2.92. The summed E-state index contributed by atoms with van der Waals surface area (Å²) in [5.41, 5.74) is 5.64. The van der Waals surface area contributed by atoms with Crippen molar-refractivity contribution in [3.8, 4) is 0 Å². The van der Waals surface area contributed by atoms with E-state index in [1.165, 1.54) is 0 Å². The van der Waals surface area contributed by atoms with E-state index in [1.54, 1.807) is 4.90 Å². The van der Waals surface area contributed by atoms with Gasteiger partial charge in [0.25, 0.3) is 0 Å². The van der Waals surface area contributed by atoms with Gasteiger partial charge in [0.2, 0.25) is 0 Å². The molecule has 1 aliphatic heterocycles. The summed E-state index contributed by atoms with van der Waals surface area (Å²) in [5.74, 6) is 1.02. The molecule has 1 rings (SSSR count). The second-order valence-electron chi connectivity index (χ2n) is 6.44. The Bertz CT molecular complexity index is 271. The summed E-state index contributed by atoms with van der Waals surface area (Å²) < 4.78 is 5.35. The van der Waals surface area contributed by atoms with Crippen LogP contribution in [0.1, 0.15) is 41.0 Å². The Morgan fingerprint density at radius 3 is 2.47 bits per heavy atom. The van der Waals surface area contributed by atoms with E-state index >= 15 is 0 Å². The summed E-state index contributed by atoms with van der Waals surface area (Å²) in [7, 11) is 0. The number of carbonyl (C=O) groups excluding carboxylic acids is 1. The minimum Gasteiger partial charge on any atom is -0.444 e. The third kappa shape index (κ3) is 4.54. The van der Waals surface area contributed by atoms with Gasteiger partial charge in [-0.2, -0.15) is 0 Å². The molecule has 0 saturated carbocycles. The molecule has 2 N–H and O–H groups in total. The molecular formula is C13H26N2O2. The molecule has 0 aromatic rings. The molecule has 0 radical (unpaired) electrons. The van der Waals surface area contributed by atoms with Gasteiger partial charge in [0.15, 0.2) is 0 Å². The molecule has 1 aliphatic rings. The van der Waals surface area contributed by atoms with Gasteiger partial charge in [-0.25, -0.2) is 4.79 Å². The van der Waals surface area contributed by atoms with Crippen LogP contribution >= 0.6 is 0 Å². The lowest BCUT2D eigenvalue weighted by molar-refractivity contribution is 0.0285. The number of nitrogens with zero attached hydrogens (tertiary/aromatic N) is 1. The van der Waals surface area contributed by atoms with E-state index in [4.69, 9.17) is 10.5 Å². The molecule has 17 heavy (non-hydrogen) atoms. The van der Waals surface area contributed by atoms with Gasteiger partial charge in [0.05, 0.1) is 0 Å². The molecule has 4 heteroatoms. The van der Waals surface area contributed by atoms with Crippen LogP contribution < -0.4 is 5.73 Å².